The van der Waals surface area contributed by atoms with Crippen LogP contribution in [0.2, 0.25) is 0 Å². The summed E-state index contributed by atoms with van der Waals surface area (Å²) in [6.07, 6.45) is 6.57. The lowest BCUT2D eigenvalue weighted by Crippen LogP contribution is -2.41. The van der Waals surface area contributed by atoms with Gasteiger partial charge in [-0.2, -0.15) is 0 Å². The summed E-state index contributed by atoms with van der Waals surface area (Å²) in [5, 5.41) is 11.2. The lowest BCUT2D eigenvalue weighted by molar-refractivity contribution is -0.139. The maximum absolute atomic E-state index is 12.5. The number of hydrogen-bond donors (Lipinski definition) is 2. The molecule has 25 heavy (non-hydrogen) atoms. The molecule has 3 amide bonds. The maximum atomic E-state index is 12.5. The fourth-order valence-corrected chi connectivity index (χ4v) is 3.19. The van der Waals surface area contributed by atoms with Crippen LogP contribution in [0.1, 0.15) is 37.7 Å². The fraction of sp³-hybridized carbons (Fsp3) is 0.389. The Morgan fingerprint density at radius 3 is 2.52 bits per heavy atom. The molecule has 1 saturated heterocycles. The van der Waals surface area contributed by atoms with Gasteiger partial charge in [0.1, 0.15) is 11.4 Å². The summed E-state index contributed by atoms with van der Waals surface area (Å²) in [4.78, 5) is 36.5. The number of carboxylic acid groups (broad SMARTS) is 1. The summed E-state index contributed by atoms with van der Waals surface area (Å²) in [5.41, 5.74) is 0.978. The first kappa shape index (κ1) is 17.0. The van der Waals surface area contributed by atoms with Crippen molar-refractivity contribution in [1.29, 1.82) is 0 Å². The van der Waals surface area contributed by atoms with Crippen LogP contribution in [-0.2, 0) is 9.59 Å². The number of carbonyl (C=O) groups is 3. The predicted octanol–water partition coefficient (Wildman–Crippen LogP) is 2.38. The first-order valence-electron chi connectivity index (χ1n) is 8.35. The lowest BCUT2D eigenvalue weighted by Gasteiger charge is -2.28. The van der Waals surface area contributed by atoms with Crippen molar-refractivity contribution < 1.29 is 24.2 Å². The normalized spacial score (nSPS) is 20.0. The topological polar surface area (TPSA) is 95.9 Å². The van der Waals surface area contributed by atoms with Crippen molar-refractivity contribution in [3.8, 4) is 5.75 Å². The molecule has 1 aliphatic carbocycles. The van der Waals surface area contributed by atoms with Crippen LogP contribution in [0.25, 0.3) is 6.08 Å². The lowest BCUT2D eigenvalue weighted by atomic mass is 9.94. The predicted molar refractivity (Wildman–Crippen MR) is 89.8 cm³/mol. The first-order valence-corrected chi connectivity index (χ1v) is 8.35. The molecule has 0 atom stereocenters. The number of amides is 3. The molecule has 132 valence electrons. The quantitative estimate of drug-likeness (QED) is 0.631. The minimum atomic E-state index is -1.05. The average Bonchev–Trinajstić information content (AvgIpc) is 2.88. The molecule has 0 unspecified atom stereocenters. The molecule has 7 nitrogen and oxygen atoms in total. The molecule has 2 fully saturated rings. The van der Waals surface area contributed by atoms with Gasteiger partial charge in [-0.15, -0.1) is 0 Å². The highest BCUT2D eigenvalue weighted by atomic mass is 16.5. The summed E-state index contributed by atoms with van der Waals surface area (Å²) in [7, 11) is 0. The Bertz CT molecular complexity index is 705. The van der Waals surface area contributed by atoms with E-state index in [1.807, 2.05) is 0 Å². The van der Waals surface area contributed by atoms with Gasteiger partial charge in [0.05, 0.1) is 0 Å². The zero-order valence-corrected chi connectivity index (χ0v) is 13.7. The number of carboxylic acids is 1. The van der Waals surface area contributed by atoms with E-state index in [9.17, 15) is 14.4 Å². The van der Waals surface area contributed by atoms with Crippen LogP contribution >= 0.6 is 0 Å². The van der Waals surface area contributed by atoms with Crippen molar-refractivity contribution in [2.75, 3.05) is 6.61 Å². The molecule has 2 N–H and O–H groups in total. The number of rotatable bonds is 5. The van der Waals surface area contributed by atoms with Crippen LogP contribution in [0.5, 0.6) is 5.75 Å². The highest BCUT2D eigenvalue weighted by Gasteiger charge is 2.38. The van der Waals surface area contributed by atoms with Gasteiger partial charge < -0.3 is 15.2 Å². The third-order valence-corrected chi connectivity index (χ3v) is 4.40. The Morgan fingerprint density at radius 1 is 1.20 bits per heavy atom. The molecule has 7 heteroatoms. The monoisotopic (exact) mass is 344 g/mol. The molecule has 0 bridgehead atoms. The molecule has 3 rings (SSSR count). The maximum Gasteiger partial charge on any atom is 0.341 e. The van der Waals surface area contributed by atoms with Gasteiger partial charge in [-0.1, -0.05) is 31.4 Å². The summed E-state index contributed by atoms with van der Waals surface area (Å²) in [5.74, 6) is -0.911. The molecule has 1 aliphatic heterocycles. The van der Waals surface area contributed by atoms with Crippen molar-refractivity contribution >= 4 is 24.0 Å². The number of nitrogens with zero attached hydrogens (tertiary/aromatic N) is 1. The second kappa shape index (κ2) is 7.38. The van der Waals surface area contributed by atoms with Crippen molar-refractivity contribution in [2.45, 2.75) is 38.1 Å². The second-order valence-electron chi connectivity index (χ2n) is 6.21. The SMILES string of the molecule is O=C(O)COc1ccc(/C=C2\NC(=O)N(C3CCCCC3)C2=O)cc1. The summed E-state index contributed by atoms with van der Waals surface area (Å²) >= 11 is 0. The van der Waals surface area contributed by atoms with Gasteiger partial charge in [0.2, 0.25) is 0 Å². The molecule has 1 aromatic carbocycles. The summed E-state index contributed by atoms with van der Waals surface area (Å²) < 4.78 is 5.06. The van der Waals surface area contributed by atoms with Gasteiger partial charge in [0.15, 0.2) is 6.61 Å². The molecule has 0 spiro atoms. The van der Waals surface area contributed by atoms with E-state index >= 15 is 0 Å². The Morgan fingerprint density at radius 2 is 1.88 bits per heavy atom. The number of imide groups is 1. The van der Waals surface area contributed by atoms with Crippen LogP contribution in [0.4, 0.5) is 4.79 Å². The second-order valence-corrected chi connectivity index (χ2v) is 6.21. The number of carbonyl (C=O) groups excluding carboxylic acids is 2. The zero-order valence-electron chi connectivity index (χ0n) is 13.7. The van der Waals surface area contributed by atoms with Crippen LogP contribution in [0.15, 0.2) is 30.0 Å². The van der Waals surface area contributed by atoms with Crippen molar-refractivity contribution in [1.82, 2.24) is 10.2 Å². The Labute approximate surface area is 145 Å². The largest absolute Gasteiger partial charge is 0.482 e. The summed E-state index contributed by atoms with van der Waals surface area (Å²) in [6, 6.07) is 6.27. The highest BCUT2D eigenvalue weighted by molar-refractivity contribution is 6.14. The van der Waals surface area contributed by atoms with Gasteiger partial charge in [0.25, 0.3) is 5.91 Å². The van der Waals surface area contributed by atoms with E-state index in [0.29, 0.717) is 5.75 Å². The minimum absolute atomic E-state index is 0.0149. The van der Waals surface area contributed by atoms with E-state index in [1.165, 1.54) is 4.90 Å². The van der Waals surface area contributed by atoms with Crippen LogP contribution < -0.4 is 10.1 Å². The van der Waals surface area contributed by atoms with Crippen molar-refractivity contribution in [3.05, 3.63) is 35.5 Å². The van der Waals surface area contributed by atoms with Crippen LogP contribution in [-0.4, -0.2) is 40.6 Å². The third kappa shape index (κ3) is 3.99. The average molecular weight is 344 g/mol. The first-order chi connectivity index (χ1) is 12.0. The van der Waals surface area contributed by atoms with Crippen molar-refractivity contribution in [2.24, 2.45) is 0 Å². The Balaban J connectivity index is 1.69. The standard InChI is InChI=1S/C18H20N2O5/c21-16(22)11-25-14-8-6-12(7-9-14)10-15-17(23)20(18(24)19-15)13-4-2-1-3-5-13/h6-10,13H,1-5,11H2,(H,19,24)(H,21,22)/b15-10-. The number of hydrogen-bond acceptors (Lipinski definition) is 4. The van der Waals surface area contributed by atoms with Crippen molar-refractivity contribution in [3.63, 3.8) is 0 Å². The van der Waals surface area contributed by atoms with Crippen LogP contribution in [0.3, 0.4) is 0 Å². The van der Waals surface area contributed by atoms with E-state index < -0.39 is 12.6 Å². The number of nitrogens with one attached hydrogen (secondary N) is 1. The molecule has 1 aromatic rings. The molecule has 1 heterocycles. The van der Waals surface area contributed by atoms with E-state index in [-0.39, 0.29) is 23.7 Å². The number of benzene rings is 1. The van der Waals surface area contributed by atoms with E-state index in [4.69, 9.17) is 9.84 Å². The molecule has 0 radical (unpaired) electrons. The van der Waals surface area contributed by atoms with Gasteiger partial charge in [-0.3, -0.25) is 9.69 Å². The Kier molecular flexibility index (Phi) is 5.02. The van der Waals surface area contributed by atoms with Gasteiger partial charge >= 0.3 is 12.0 Å². The fourth-order valence-electron chi connectivity index (χ4n) is 3.19. The molecule has 0 aromatic heterocycles. The third-order valence-electron chi connectivity index (χ3n) is 4.40. The van der Waals surface area contributed by atoms with Crippen LogP contribution in [0, 0.1) is 0 Å². The highest BCUT2D eigenvalue weighted by Crippen LogP contribution is 2.27. The number of urea groups is 1. The molecule has 1 saturated carbocycles. The van der Waals surface area contributed by atoms with Gasteiger partial charge in [-0.05, 0) is 36.6 Å². The molecular weight excluding hydrogens is 324 g/mol. The number of ether oxygens (including phenoxy) is 1. The van der Waals surface area contributed by atoms with Gasteiger partial charge in [-0.25, -0.2) is 9.59 Å². The van der Waals surface area contributed by atoms with E-state index in [1.54, 1.807) is 30.3 Å². The number of aliphatic carboxylic acids is 1. The van der Waals surface area contributed by atoms with Gasteiger partial charge in [0, 0.05) is 6.04 Å². The van der Waals surface area contributed by atoms with E-state index in [0.717, 1.165) is 37.7 Å². The minimum Gasteiger partial charge on any atom is -0.482 e. The molecule has 2 aliphatic rings. The zero-order chi connectivity index (χ0) is 17.8. The smallest absolute Gasteiger partial charge is 0.341 e. The Hall–Kier alpha value is -2.83. The molecular formula is C18H20N2O5. The van der Waals surface area contributed by atoms with E-state index in [2.05, 4.69) is 5.32 Å². The summed E-state index contributed by atoms with van der Waals surface area (Å²) in [6.45, 7) is -0.411.